The number of nitrogens with zero attached hydrogens (tertiary/aromatic N) is 2. The van der Waals surface area contributed by atoms with Crippen molar-refractivity contribution in [2.45, 2.75) is 16.8 Å². The monoisotopic (exact) mass is 409 g/mol. The number of thiazole rings is 1. The maximum atomic E-state index is 12.7. The Labute approximate surface area is 158 Å². The van der Waals surface area contributed by atoms with E-state index in [1.54, 1.807) is 18.2 Å². The third-order valence-corrected chi connectivity index (χ3v) is 6.56. The molecular weight excluding hydrogens is 398 g/mol. The molecule has 0 saturated heterocycles. The first kappa shape index (κ1) is 18.3. The lowest BCUT2D eigenvalue weighted by molar-refractivity contribution is -0.384. The summed E-state index contributed by atoms with van der Waals surface area (Å²) in [6.07, 6.45) is 0. The number of benzene rings is 2. The van der Waals surface area contributed by atoms with Crippen molar-refractivity contribution in [2.75, 3.05) is 5.32 Å². The van der Waals surface area contributed by atoms with Crippen molar-refractivity contribution in [1.29, 1.82) is 0 Å². The first-order valence-corrected chi connectivity index (χ1v) is 9.95. The van der Waals surface area contributed by atoms with E-state index < -0.39 is 14.8 Å². The Bertz CT molecular complexity index is 1080. The summed E-state index contributed by atoms with van der Waals surface area (Å²) < 4.78 is 25.4. The second kappa shape index (κ2) is 7.02. The number of hydrogen-bond acceptors (Lipinski definition) is 7. The first-order valence-electron chi connectivity index (χ1n) is 7.27. The lowest BCUT2D eigenvalue weighted by Gasteiger charge is -2.03. The number of rotatable bonds is 5. The van der Waals surface area contributed by atoms with Crippen LogP contribution in [0.1, 0.15) is 5.56 Å². The van der Waals surface area contributed by atoms with Crippen LogP contribution in [0.2, 0.25) is 4.34 Å². The quantitative estimate of drug-likeness (QED) is 0.488. The average molecular weight is 410 g/mol. The summed E-state index contributed by atoms with van der Waals surface area (Å²) >= 11 is 7.03. The molecule has 1 aromatic heterocycles. The molecule has 3 aromatic rings. The summed E-state index contributed by atoms with van der Waals surface area (Å²) in [4.78, 5) is 14.5. The third kappa shape index (κ3) is 3.69. The minimum atomic E-state index is -3.86. The highest BCUT2D eigenvalue weighted by atomic mass is 35.5. The summed E-state index contributed by atoms with van der Waals surface area (Å²) in [6.45, 7) is 1.85. The molecule has 3 rings (SSSR count). The Hall–Kier alpha value is -2.49. The highest BCUT2D eigenvalue weighted by Crippen LogP contribution is 2.36. The summed E-state index contributed by atoms with van der Waals surface area (Å²) in [5.74, 6) is 0. The number of non-ortho nitro benzene ring substituents is 1. The van der Waals surface area contributed by atoms with Crippen LogP contribution in [0.5, 0.6) is 0 Å². The lowest BCUT2D eigenvalue weighted by atomic mass is 10.2. The number of aryl methyl sites for hydroxylation is 1. The van der Waals surface area contributed by atoms with Crippen molar-refractivity contribution in [2.24, 2.45) is 0 Å². The van der Waals surface area contributed by atoms with Gasteiger partial charge in [-0.05, 0) is 25.1 Å². The zero-order chi connectivity index (χ0) is 18.9. The van der Waals surface area contributed by atoms with Gasteiger partial charge in [0.25, 0.3) is 5.69 Å². The minimum absolute atomic E-state index is 0.0125. The molecule has 26 heavy (non-hydrogen) atoms. The average Bonchev–Trinajstić information content (AvgIpc) is 2.96. The maximum Gasteiger partial charge on any atom is 0.271 e. The topological polar surface area (TPSA) is 102 Å². The van der Waals surface area contributed by atoms with Crippen molar-refractivity contribution in [3.05, 3.63) is 68.5 Å². The van der Waals surface area contributed by atoms with Gasteiger partial charge in [0.15, 0.2) is 10.2 Å². The van der Waals surface area contributed by atoms with E-state index >= 15 is 0 Å². The number of aromatic nitrogens is 1. The fourth-order valence-electron chi connectivity index (χ4n) is 2.16. The molecule has 1 heterocycles. The summed E-state index contributed by atoms with van der Waals surface area (Å²) in [7, 11) is -3.86. The molecule has 0 aliphatic rings. The van der Waals surface area contributed by atoms with E-state index in [4.69, 9.17) is 11.6 Å². The number of nitro benzene ring substituents is 1. The van der Waals surface area contributed by atoms with Crippen LogP contribution in [0.25, 0.3) is 0 Å². The predicted octanol–water partition coefficient (Wildman–Crippen LogP) is 4.59. The predicted molar refractivity (Wildman–Crippen MR) is 100 cm³/mol. The van der Waals surface area contributed by atoms with E-state index in [9.17, 15) is 18.5 Å². The van der Waals surface area contributed by atoms with Crippen molar-refractivity contribution in [1.82, 2.24) is 4.98 Å². The molecule has 0 unspecified atom stereocenters. The van der Waals surface area contributed by atoms with Gasteiger partial charge in [-0.15, -0.1) is 0 Å². The molecule has 7 nitrogen and oxygen atoms in total. The van der Waals surface area contributed by atoms with Crippen molar-refractivity contribution >= 4 is 49.3 Å². The number of sulfone groups is 1. The Morgan fingerprint density at radius 2 is 1.88 bits per heavy atom. The van der Waals surface area contributed by atoms with Crippen LogP contribution < -0.4 is 5.32 Å². The Morgan fingerprint density at radius 3 is 2.54 bits per heavy atom. The van der Waals surface area contributed by atoms with Gasteiger partial charge in [0, 0.05) is 17.8 Å². The van der Waals surface area contributed by atoms with Crippen LogP contribution in [0.15, 0.2) is 58.5 Å². The fraction of sp³-hybridized carbons (Fsp3) is 0.0625. The smallest absolute Gasteiger partial charge is 0.271 e. The van der Waals surface area contributed by atoms with E-state index in [0.717, 1.165) is 16.9 Å². The standard InChI is InChI=1S/C16H12ClN3O4S2/c1-10-5-7-13(8-6-10)26(23,24)15-14(17)25-16(19-15)18-11-3-2-4-12(9-11)20(21)22/h2-9H,1H3,(H,18,19). The zero-order valence-corrected chi connectivity index (χ0v) is 15.7. The van der Waals surface area contributed by atoms with Crippen LogP contribution in [0.4, 0.5) is 16.5 Å². The second-order valence-corrected chi connectivity index (χ2v) is 8.81. The largest absolute Gasteiger partial charge is 0.331 e. The van der Waals surface area contributed by atoms with Crippen molar-refractivity contribution in [3.63, 3.8) is 0 Å². The van der Waals surface area contributed by atoms with Crippen LogP contribution in [0, 0.1) is 17.0 Å². The van der Waals surface area contributed by atoms with Gasteiger partial charge in [-0.1, -0.05) is 46.7 Å². The van der Waals surface area contributed by atoms with Gasteiger partial charge in [-0.3, -0.25) is 10.1 Å². The molecule has 0 fully saturated rings. The molecule has 0 spiro atoms. The molecule has 0 atom stereocenters. The summed E-state index contributed by atoms with van der Waals surface area (Å²) in [5.41, 5.74) is 1.25. The molecule has 10 heteroatoms. The summed E-state index contributed by atoms with van der Waals surface area (Å²) in [5, 5.41) is 13.7. The molecule has 134 valence electrons. The van der Waals surface area contributed by atoms with Gasteiger partial charge in [-0.2, -0.15) is 0 Å². The second-order valence-electron chi connectivity index (χ2n) is 5.35. The molecule has 0 radical (unpaired) electrons. The van der Waals surface area contributed by atoms with Crippen molar-refractivity contribution < 1.29 is 13.3 Å². The van der Waals surface area contributed by atoms with Gasteiger partial charge in [0.1, 0.15) is 4.34 Å². The number of nitrogens with one attached hydrogen (secondary N) is 1. The van der Waals surface area contributed by atoms with Gasteiger partial charge < -0.3 is 5.32 Å². The van der Waals surface area contributed by atoms with Gasteiger partial charge >= 0.3 is 0 Å². The van der Waals surface area contributed by atoms with Crippen LogP contribution in [-0.2, 0) is 9.84 Å². The highest BCUT2D eigenvalue weighted by molar-refractivity contribution is 7.91. The molecule has 0 saturated carbocycles. The van der Waals surface area contributed by atoms with E-state index in [1.165, 1.54) is 30.3 Å². The van der Waals surface area contributed by atoms with Gasteiger partial charge in [0.2, 0.25) is 9.84 Å². The van der Waals surface area contributed by atoms with Crippen LogP contribution >= 0.6 is 22.9 Å². The fourth-order valence-corrected chi connectivity index (χ4v) is 4.98. The van der Waals surface area contributed by atoms with Gasteiger partial charge in [-0.25, -0.2) is 13.4 Å². The normalized spacial score (nSPS) is 11.3. The van der Waals surface area contributed by atoms with E-state index in [-0.39, 0.29) is 25.1 Å². The number of anilines is 2. The number of nitro groups is 1. The molecule has 0 aliphatic carbocycles. The third-order valence-electron chi connectivity index (χ3n) is 3.45. The molecule has 2 aromatic carbocycles. The van der Waals surface area contributed by atoms with Crippen molar-refractivity contribution in [3.8, 4) is 0 Å². The Balaban J connectivity index is 1.93. The van der Waals surface area contributed by atoms with Crippen LogP contribution in [0.3, 0.4) is 0 Å². The minimum Gasteiger partial charge on any atom is -0.331 e. The van der Waals surface area contributed by atoms with E-state index in [2.05, 4.69) is 10.3 Å². The Morgan fingerprint density at radius 1 is 1.19 bits per heavy atom. The van der Waals surface area contributed by atoms with Crippen LogP contribution in [-0.4, -0.2) is 18.3 Å². The molecule has 1 N–H and O–H groups in total. The summed E-state index contributed by atoms with van der Waals surface area (Å²) in [6, 6.07) is 12.2. The molecule has 0 aliphatic heterocycles. The van der Waals surface area contributed by atoms with E-state index in [0.29, 0.717) is 5.69 Å². The molecule has 0 amide bonds. The first-order chi connectivity index (χ1) is 12.3. The Kier molecular flexibility index (Phi) is 4.94. The zero-order valence-electron chi connectivity index (χ0n) is 13.3. The maximum absolute atomic E-state index is 12.7. The van der Waals surface area contributed by atoms with E-state index in [1.807, 2.05) is 6.92 Å². The highest BCUT2D eigenvalue weighted by Gasteiger charge is 2.25. The number of halogens is 1. The van der Waals surface area contributed by atoms with Gasteiger partial charge in [0.05, 0.1) is 9.82 Å². The molecular formula is C16H12ClN3O4S2. The SMILES string of the molecule is Cc1ccc(S(=O)(=O)c2nc(Nc3cccc([N+](=O)[O-])c3)sc2Cl)cc1. The number of hydrogen-bond donors (Lipinski definition) is 1. The molecule has 0 bridgehead atoms. The lowest BCUT2D eigenvalue weighted by Crippen LogP contribution is -2.03.